The number of sulfonamides is 1. The fraction of sp³-hybridized carbons (Fsp3) is 0.500. The molecule has 23 heavy (non-hydrogen) atoms. The first-order valence-electron chi connectivity index (χ1n) is 7.24. The van der Waals surface area contributed by atoms with Gasteiger partial charge in [0.1, 0.15) is 0 Å². The van der Waals surface area contributed by atoms with Gasteiger partial charge in [0.25, 0.3) is 0 Å². The van der Waals surface area contributed by atoms with Crippen LogP contribution in [0, 0.1) is 11.8 Å². The fourth-order valence-electron chi connectivity index (χ4n) is 3.64. The Kier molecular flexibility index (Phi) is 5.27. The summed E-state index contributed by atoms with van der Waals surface area (Å²) in [5.74, 6) is 0.601. The maximum Gasteiger partial charge on any atom is 0.243 e. The average molecular weight is 379 g/mol. The molecule has 2 aliphatic rings. The van der Waals surface area contributed by atoms with Gasteiger partial charge in [-0.2, -0.15) is 4.31 Å². The van der Waals surface area contributed by atoms with Gasteiger partial charge in [0.05, 0.1) is 22.3 Å². The summed E-state index contributed by atoms with van der Waals surface area (Å²) < 4.78 is 27.3. The molecule has 6 nitrogen and oxygen atoms in total. The number of halogens is 2. The lowest BCUT2D eigenvalue weighted by Crippen LogP contribution is -2.50. The van der Waals surface area contributed by atoms with Gasteiger partial charge < -0.3 is 10.7 Å². The number of aromatic nitrogens is 2. The number of H-pyrrole nitrogens is 1. The molecule has 4 rings (SSSR count). The lowest BCUT2D eigenvalue weighted by atomic mass is 9.95. The number of piperidine rings is 1. The van der Waals surface area contributed by atoms with E-state index in [1.807, 2.05) is 0 Å². The van der Waals surface area contributed by atoms with E-state index in [0.717, 1.165) is 23.9 Å². The number of hydrogen-bond acceptors (Lipinski definition) is 4. The van der Waals surface area contributed by atoms with Crippen LogP contribution in [0.5, 0.6) is 0 Å². The highest BCUT2D eigenvalue weighted by molar-refractivity contribution is 7.89. The molecule has 1 unspecified atom stereocenters. The number of benzene rings is 1. The lowest BCUT2D eigenvalue weighted by Gasteiger charge is -2.35. The topological polar surface area (TPSA) is 92.1 Å². The highest BCUT2D eigenvalue weighted by Crippen LogP contribution is 2.37. The molecular weight excluding hydrogens is 359 g/mol. The third kappa shape index (κ3) is 2.96. The second-order valence-electron chi connectivity index (χ2n) is 6.08. The Morgan fingerprint density at radius 2 is 1.83 bits per heavy atom. The van der Waals surface area contributed by atoms with Crippen LogP contribution in [0.2, 0.25) is 0 Å². The van der Waals surface area contributed by atoms with Crippen molar-refractivity contribution < 1.29 is 8.42 Å². The zero-order chi connectivity index (χ0) is 14.6. The summed E-state index contributed by atoms with van der Waals surface area (Å²) in [7, 11) is -3.45. The Morgan fingerprint density at radius 3 is 2.48 bits per heavy atom. The van der Waals surface area contributed by atoms with E-state index in [4.69, 9.17) is 5.73 Å². The third-order valence-electron chi connectivity index (χ3n) is 4.90. The van der Waals surface area contributed by atoms with Crippen molar-refractivity contribution in [3.05, 3.63) is 24.5 Å². The van der Waals surface area contributed by atoms with E-state index in [1.165, 1.54) is 0 Å². The van der Waals surface area contributed by atoms with Crippen LogP contribution in [0.4, 0.5) is 0 Å². The second-order valence-corrected chi connectivity index (χ2v) is 8.02. The van der Waals surface area contributed by atoms with Gasteiger partial charge in [-0.15, -0.1) is 24.8 Å². The standard InChI is InChI=1S/C14H18N4O2S.2ClH/c15-14-9-1-2-10(14)7-18(6-9)21(19,20)11-3-4-12-13(5-11)17-8-16-12;;/h3-5,8-10,14H,1-2,6-7,15H2,(H,16,17);2*1H/t9-,10+,14?;;. The molecule has 9 heteroatoms. The number of rotatable bonds is 2. The van der Waals surface area contributed by atoms with Crippen LogP contribution >= 0.6 is 24.8 Å². The number of imidazole rings is 1. The van der Waals surface area contributed by atoms with Gasteiger partial charge in [-0.1, -0.05) is 0 Å². The molecule has 1 aliphatic heterocycles. The SMILES string of the molecule is Cl.Cl.NC1[C@@H]2CC[C@H]1CN(S(=O)(=O)c1ccc3nc[nH]c3c1)C2. The summed E-state index contributed by atoms with van der Waals surface area (Å²) >= 11 is 0. The zero-order valence-corrected chi connectivity index (χ0v) is 14.8. The van der Waals surface area contributed by atoms with Crippen LogP contribution in [0.15, 0.2) is 29.4 Å². The molecule has 128 valence electrons. The van der Waals surface area contributed by atoms with E-state index in [0.29, 0.717) is 29.8 Å². The normalized spacial score (nSPS) is 27.4. The van der Waals surface area contributed by atoms with Crippen LogP contribution in [0.25, 0.3) is 11.0 Å². The molecule has 1 aromatic heterocycles. The minimum atomic E-state index is -3.45. The van der Waals surface area contributed by atoms with Crippen LogP contribution in [0.1, 0.15) is 12.8 Å². The summed E-state index contributed by atoms with van der Waals surface area (Å²) in [6.45, 7) is 1.09. The van der Waals surface area contributed by atoms with Crippen molar-refractivity contribution in [1.82, 2.24) is 14.3 Å². The van der Waals surface area contributed by atoms with Crippen LogP contribution < -0.4 is 5.73 Å². The van der Waals surface area contributed by atoms with Gasteiger partial charge in [0.15, 0.2) is 0 Å². The Hall–Kier alpha value is -0.860. The van der Waals surface area contributed by atoms with Gasteiger partial charge in [0, 0.05) is 19.1 Å². The maximum atomic E-state index is 12.8. The number of fused-ring (bicyclic) bond motifs is 3. The van der Waals surface area contributed by atoms with E-state index in [1.54, 1.807) is 28.8 Å². The molecule has 0 amide bonds. The van der Waals surface area contributed by atoms with Crippen molar-refractivity contribution in [1.29, 1.82) is 0 Å². The molecule has 1 aliphatic carbocycles. The Labute approximate surface area is 147 Å². The molecule has 2 bridgehead atoms. The minimum Gasteiger partial charge on any atom is -0.345 e. The van der Waals surface area contributed by atoms with Gasteiger partial charge in [-0.25, -0.2) is 13.4 Å². The second kappa shape index (κ2) is 6.57. The van der Waals surface area contributed by atoms with E-state index >= 15 is 0 Å². The molecule has 3 N–H and O–H groups in total. The van der Waals surface area contributed by atoms with E-state index < -0.39 is 10.0 Å². The van der Waals surface area contributed by atoms with Crippen molar-refractivity contribution in [3.8, 4) is 0 Å². The largest absolute Gasteiger partial charge is 0.345 e. The van der Waals surface area contributed by atoms with Gasteiger partial charge in [0.2, 0.25) is 10.0 Å². The highest BCUT2D eigenvalue weighted by Gasteiger charge is 2.43. The maximum absolute atomic E-state index is 12.8. The van der Waals surface area contributed by atoms with Crippen molar-refractivity contribution in [3.63, 3.8) is 0 Å². The van der Waals surface area contributed by atoms with E-state index in [9.17, 15) is 8.42 Å². The van der Waals surface area contributed by atoms with Gasteiger partial charge in [-0.05, 0) is 42.9 Å². The number of aromatic amines is 1. The van der Waals surface area contributed by atoms with E-state index in [-0.39, 0.29) is 30.9 Å². The molecule has 0 spiro atoms. The first-order chi connectivity index (χ1) is 10.1. The van der Waals surface area contributed by atoms with Crippen LogP contribution in [-0.2, 0) is 10.0 Å². The molecule has 3 atom stereocenters. The molecule has 2 fully saturated rings. The summed E-state index contributed by atoms with van der Waals surface area (Å²) in [5.41, 5.74) is 7.67. The molecule has 2 aromatic rings. The molecular formula is C14H20Cl2N4O2S. The number of nitrogens with two attached hydrogens (primary N) is 1. The van der Waals surface area contributed by atoms with Gasteiger partial charge >= 0.3 is 0 Å². The summed E-state index contributed by atoms with van der Waals surface area (Å²) in [6.07, 6.45) is 3.65. The first-order valence-corrected chi connectivity index (χ1v) is 8.68. The molecule has 1 aromatic carbocycles. The molecule has 2 heterocycles. The third-order valence-corrected chi connectivity index (χ3v) is 6.73. The number of nitrogens with zero attached hydrogens (tertiary/aromatic N) is 2. The zero-order valence-electron chi connectivity index (χ0n) is 12.4. The Morgan fingerprint density at radius 1 is 1.17 bits per heavy atom. The molecule has 1 saturated carbocycles. The molecule has 0 radical (unpaired) electrons. The van der Waals surface area contributed by atoms with Crippen molar-refractivity contribution >= 4 is 45.9 Å². The quantitative estimate of drug-likeness (QED) is 0.832. The molecule has 1 saturated heterocycles. The Balaban J connectivity index is 0.000000960. The first kappa shape index (κ1) is 18.5. The smallest absolute Gasteiger partial charge is 0.243 e. The predicted octanol–water partition coefficient (Wildman–Crippen LogP) is 1.76. The lowest BCUT2D eigenvalue weighted by molar-refractivity contribution is 0.228. The van der Waals surface area contributed by atoms with Crippen molar-refractivity contribution in [2.24, 2.45) is 17.6 Å². The average Bonchev–Trinajstić information content (AvgIpc) is 2.99. The van der Waals surface area contributed by atoms with E-state index in [2.05, 4.69) is 9.97 Å². The minimum absolute atomic E-state index is 0. The highest BCUT2D eigenvalue weighted by atomic mass is 35.5. The van der Waals surface area contributed by atoms with Gasteiger partial charge in [-0.3, -0.25) is 0 Å². The fourth-order valence-corrected chi connectivity index (χ4v) is 5.22. The summed E-state index contributed by atoms with van der Waals surface area (Å²) in [6, 6.07) is 5.19. The summed E-state index contributed by atoms with van der Waals surface area (Å²) in [4.78, 5) is 7.40. The van der Waals surface area contributed by atoms with Crippen molar-refractivity contribution in [2.45, 2.75) is 23.8 Å². The monoisotopic (exact) mass is 378 g/mol. The van der Waals surface area contributed by atoms with Crippen LogP contribution in [-0.4, -0.2) is 41.8 Å². The number of hydrogen-bond donors (Lipinski definition) is 2. The van der Waals surface area contributed by atoms with Crippen LogP contribution in [0.3, 0.4) is 0 Å². The Bertz CT molecular complexity index is 781. The predicted molar refractivity (Wildman–Crippen MR) is 93.5 cm³/mol. The summed E-state index contributed by atoms with van der Waals surface area (Å²) in [5, 5.41) is 0. The van der Waals surface area contributed by atoms with Crippen molar-refractivity contribution in [2.75, 3.05) is 13.1 Å². The number of nitrogens with one attached hydrogen (secondary N) is 1.